The maximum Gasteiger partial charge on any atom is 0.310 e. The number of anilines is 1. The third kappa shape index (κ3) is 3.81. The smallest absolute Gasteiger partial charge is 0.310 e. The van der Waals surface area contributed by atoms with Crippen LogP contribution < -0.4 is 5.32 Å². The molecule has 1 aliphatic carbocycles. The van der Waals surface area contributed by atoms with Crippen LogP contribution >= 0.6 is 15.9 Å². The van der Waals surface area contributed by atoms with Gasteiger partial charge in [0.15, 0.2) is 0 Å². The molecule has 0 radical (unpaired) electrons. The molecule has 21 heavy (non-hydrogen) atoms. The number of carboxylic acids is 1. The fourth-order valence-electron chi connectivity index (χ4n) is 2.85. The summed E-state index contributed by atoms with van der Waals surface area (Å²) in [6.45, 7) is 1.85. The zero-order chi connectivity index (χ0) is 15.5. The average Bonchev–Trinajstić information content (AvgIpc) is 2.43. The second-order valence-corrected chi connectivity index (χ2v) is 6.61. The van der Waals surface area contributed by atoms with Gasteiger partial charge in [0.05, 0.1) is 5.41 Å². The molecule has 0 atom stereocenters. The zero-order valence-electron chi connectivity index (χ0n) is 12.0. The summed E-state index contributed by atoms with van der Waals surface area (Å²) >= 11 is 3.32. The van der Waals surface area contributed by atoms with Gasteiger partial charge in [-0.15, -0.1) is 0 Å². The van der Waals surface area contributed by atoms with E-state index in [2.05, 4.69) is 26.2 Å². The van der Waals surface area contributed by atoms with Gasteiger partial charge in [-0.2, -0.15) is 0 Å². The number of carbonyl (C=O) groups is 2. The molecule has 6 heteroatoms. The van der Waals surface area contributed by atoms with Gasteiger partial charge in [-0.05, 0) is 47.3 Å². The predicted molar refractivity (Wildman–Crippen MR) is 83.1 cm³/mol. The molecule has 0 unspecified atom stereocenters. The number of aliphatic carboxylic acids is 1. The number of nitrogens with one attached hydrogen (secondary N) is 1. The molecule has 1 aromatic rings. The van der Waals surface area contributed by atoms with Crippen molar-refractivity contribution >= 4 is 33.6 Å². The van der Waals surface area contributed by atoms with E-state index in [1.807, 2.05) is 13.0 Å². The van der Waals surface area contributed by atoms with Gasteiger partial charge >= 0.3 is 5.97 Å². The summed E-state index contributed by atoms with van der Waals surface area (Å²) in [6, 6.07) is 1.86. The minimum absolute atomic E-state index is 0.0134. The van der Waals surface area contributed by atoms with Gasteiger partial charge < -0.3 is 10.4 Å². The lowest BCUT2D eigenvalue weighted by Crippen LogP contribution is -2.37. The number of amides is 1. The molecule has 0 spiro atoms. The number of rotatable bonds is 4. The van der Waals surface area contributed by atoms with Gasteiger partial charge in [0.2, 0.25) is 5.91 Å². The van der Waals surface area contributed by atoms with E-state index in [-0.39, 0.29) is 12.3 Å². The topological polar surface area (TPSA) is 79.3 Å². The van der Waals surface area contributed by atoms with Crippen LogP contribution in [0, 0.1) is 12.3 Å². The van der Waals surface area contributed by atoms with E-state index in [1.54, 1.807) is 6.20 Å². The van der Waals surface area contributed by atoms with Crippen molar-refractivity contribution in [3.8, 4) is 0 Å². The molecule has 2 rings (SSSR count). The Morgan fingerprint density at radius 3 is 2.62 bits per heavy atom. The summed E-state index contributed by atoms with van der Waals surface area (Å²) in [4.78, 5) is 27.9. The maximum absolute atomic E-state index is 12.2. The number of pyridine rings is 1. The molecule has 2 N–H and O–H groups in total. The van der Waals surface area contributed by atoms with Crippen molar-refractivity contribution in [1.82, 2.24) is 4.98 Å². The minimum Gasteiger partial charge on any atom is -0.481 e. The van der Waals surface area contributed by atoms with Crippen molar-refractivity contribution in [2.24, 2.45) is 5.41 Å². The summed E-state index contributed by atoms with van der Waals surface area (Å²) < 4.78 is 0.840. The van der Waals surface area contributed by atoms with Crippen LogP contribution in [0.4, 0.5) is 5.82 Å². The van der Waals surface area contributed by atoms with E-state index in [0.717, 1.165) is 29.3 Å². The standard InChI is InChI=1S/C15H19BrN2O3/c1-10-7-11(16)9-17-13(10)18-12(19)8-15(14(20)21)5-3-2-4-6-15/h7,9H,2-6,8H2,1H3,(H,20,21)(H,17,18,19). The van der Waals surface area contributed by atoms with E-state index in [4.69, 9.17) is 0 Å². The highest BCUT2D eigenvalue weighted by molar-refractivity contribution is 9.10. The monoisotopic (exact) mass is 354 g/mol. The Kier molecular flexibility index (Phi) is 4.98. The molecular formula is C15H19BrN2O3. The largest absolute Gasteiger partial charge is 0.481 e. The van der Waals surface area contributed by atoms with E-state index >= 15 is 0 Å². The maximum atomic E-state index is 12.2. The first kappa shape index (κ1) is 15.9. The van der Waals surface area contributed by atoms with Gasteiger partial charge in [0, 0.05) is 17.1 Å². The third-order valence-corrected chi connectivity index (χ3v) is 4.50. The lowest BCUT2D eigenvalue weighted by Gasteiger charge is -2.32. The van der Waals surface area contributed by atoms with E-state index < -0.39 is 11.4 Å². The van der Waals surface area contributed by atoms with Crippen molar-refractivity contribution in [3.05, 3.63) is 22.3 Å². The average molecular weight is 355 g/mol. The molecule has 1 fully saturated rings. The number of halogens is 1. The van der Waals surface area contributed by atoms with Crippen LogP contribution in [0.5, 0.6) is 0 Å². The summed E-state index contributed by atoms with van der Waals surface area (Å²) in [5.74, 6) is -0.658. The highest BCUT2D eigenvalue weighted by atomic mass is 79.9. The molecule has 1 aromatic heterocycles. The minimum atomic E-state index is -0.911. The summed E-state index contributed by atoms with van der Waals surface area (Å²) in [5.41, 5.74) is -0.0725. The molecule has 5 nitrogen and oxygen atoms in total. The predicted octanol–water partition coefficient (Wildman–Crippen LogP) is 3.52. The quantitative estimate of drug-likeness (QED) is 0.866. The van der Waals surface area contributed by atoms with E-state index in [1.165, 1.54) is 0 Å². The Morgan fingerprint density at radius 1 is 1.38 bits per heavy atom. The number of carboxylic acid groups (broad SMARTS) is 1. The van der Waals surface area contributed by atoms with Crippen LogP contribution in [-0.2, 0) is 9.59 Å². The number of nitrogens with zero attached hydrogens (tertiary/aromatic N) is 1. The first-order chi connectivity index (χ1) is 9.93. The molecule has 0 aliphatic heterocycles. The van der Waals surface area contributed by atoms with Crippen LogP contribution in [0.25, 0.3) is 0 Å². The Hall–Kier alpha value is -1.43. The molecule has 1 heterocycles. The Bertz CT molecular complexity index is 554. The summed E-state index contributed by atoms with van der Waals surface area (Å²) in [5, 5.41) is 12.2. The second-order valence-electron chi connectivity index (χ2n) is 5.69. The molecular weight excluding hydrogens is 336 g/mol. The van der Waals surface area contributed by atoms with Gasteiger partial charge in [-0.1, -0.05) is 19.3 Å². The highest BCUT2D eigenvalue weighted by Crippen LogP contribution is 2.39. The fraction of sp³-hybridized carbons (Fsp3) is 0.533. The van der Waals surface area contributed by atoms with Crippen molar-refractivity contribution in [2.45, 2.75) is 45.4 Å². The van der Waals surface area contributed by atoms with Gasteiger partial charge in [-0.3, -0.25) is 9.59 Å². The fourth-order valence-corrected chi connectivity index (χ4v) is 3.30. The first-order valence-corrected chi connectivity index (χ1v) is 7.88. The summed E-state index contributed by atoms with van der Waals surface area (Å²) in [6.07, 6.45) is 5.55. The number of aromatic nitrogens is 1. The van der Waals surface area contributed by atoms with Gasteiger partial charge in [-0.25, -0.2) is 4.98 Å². The normalized spacial score (nSPS) is 17.2. The Balaban J connectivity index is 2.07. The van der Waals surface area contributed by atoms with Crippen molar-refractivity contribution in [2.75, 3.05) is 5.32 Å². The Morgan fingerprint density at radius 2 is 2.05 bits per heavy atom. The van der Waals surface area contributed by atoms with E-state index in [0.29, 0.717) is 18.7 Å². The van der Waals surface area contributed by atoms with Crippen LogP contribution in [0.2, 0.25) is 0 Å². The lowest BCUT2D eigenvalue weighted by atomic mass is 9.71. The lowest BCUT2D eigenvalue weighted by molar-refractivity contribution is -0.153. The molecule has 0 aromatic carbocycles. The molecule has 0 bridgehead atoms. The van der Waals surface area contributed by atoms with Crippen LogP contribution in [0.1, 0.15) is 44.1 Å². The number of hydrogen-bond donors (Lipinski definition) is 2. The highest BCUT2D eigenvalue weighted by Gasteiger charge is 2.41. The number of aryl methyl sites for hydroxylation is 1. The van der Waals surface area contributed by atoms with Crippen LogP contribution in [0.3, 0.4) is 0 Å². The third-order valence-electron chi connectivity index (χ3n) is 4.07. The number of hydrogen-bond acceptors (Lipinski definition) is 3. The Labute approximate surface area is 132 Å². The zero-order valence-corrected chi connectivity index (χ0v) is 13.6. The van der Waals surface area contributed by atoms with Crippen LogP contribution in [-0.4, -0.2) is 22.0 Å². The number of carbonyl (C=O) groups excluding carboxylic acids is 1. The first-order valence-electron chi connectivity index (χ1n) is 7.08. The SMILES string of the molecule is Cc1cc(Br)cnc1NC(=O)CC1(C(=O)O)CCCCC1. The molecule has 114 valence electrons. The van der Waals surface area contributed by atoms with Gasteiger partial charge in [0.25, 0.3) is 0 Å². The van der Waals surface area contributed by atoms with Gasteiger partial charge in [0.1, 0.15) is 5.82 Å². The van der Waals surface area contributed by atoms with Crippen LogP contribution in [0.15, 0.2) is 16.7 Å². The molecule has 0 saturated heterocycles. The van der Waals surface area contributed by atoms with Crippen molar-refractivity contribution < 1.29 is 14.7 Å². The van der Waals surface area contributed by atoms with Crippen molar-refractivity contribution in [1.29, 1.82) is 0 Å². The second kappa shape index (κ2) is 6.56. The molecule has 1 aliphatic rings. The molecule has 1 saturated carbocycles. The van der Waals surface area contributed by atoms with Crippen molar-refractivity contribution in [3.63, 3.8) is 0 Å². The summed E-state index contributed by atoms with van der Waals surface area (Å²) in [7, 11) is 0. The van der Waals surface area contributed by atoms with E-state index in [9.17, 15) is 14.7 Å². The molecule has 1 amide bonds.